The monoisotopic (exact) mass is 279 g/mol. The molecule has 1 aromatic heterocycles. The fourth-order valence-corrected chi connectivity index (χ4v) is 1.67. The van der Waals surface area contributed by atoms with Crippen LogP contribution < -0.4 is 11.1 Å². The van der Waals surface area contributed by atoms with E-state index in [1.165, 1.54) is 6.07 Å². The molecule has 0 radical (unpaired) electrons. The molecule has 0 saturated carbocycles. The summed E-state index contributed by atoms with van der Waals surface area (Å²) in [6.45, 7) is 1.33. The van der Waals surface area contributed by atoms with E-state index in [1.54, 1.807) is 0 Å². The third-order valence-electron chi connectivity index (χ3n) is 2.62. The van der Waals surface area contributed by atoms with Gasteiger partial charge in [0, 0.05) is 0 Å². The van der Waals surface area contributed by atoms with E-state index in [4.69, 9.17) is 28.9 Å². The second-order valence-electron chi connectivity index (χ2n) is 3.76. The molecule has 0 aliphatic heterocycles. The lowest BCUT2D eigenvalue weighted by atomic mass is 9.98. The Morgan fingerprint density at radius 2 is 1.94 bits per heavy atom. The minimum atomic E-state index is -0.878. The van der Waals surface area contributed by atoms with Gasteiger partial charge in [-0.05, 0) is 12.5 Å². The minimum Gasteiger partial charge on any atom is -0.394 e. The SMILES string of the molecule is CCC(CO)(CO)Nc1nc(N)c(Cl)cc1Cl. The summed E-state index contributed by atoms with van der Waals surface area (Å²) in [6.07, 6.45) is 0.501. The van der Waals surface area contributed by atoms with Gasteiger partial charge in [0.05, 0.1) is 28.8 Å². The number of halogens is 2. The van der Waals surface area contributed by atoms with E-state index >= 15 is 0 Å². The fourth-order valence-electron chi connectivity index (χ4n) is 1.26. The molecule has 0 aliphatic rings. The van der Waals surface area contributed by atoms with Crippen LogP contribution in [-0.4, -0.2) is 33.9 Å². The predicted molar refractivity (Wildman–Crippen MR) is 69.5 cm³/mol. The van der Waals surface area contributed by atoms with Crippen LogP contribution in [0.5, 0.6) is 0 Å². The van der Waals surface area contributed by atoms with Crippen molar-refractivity contribution in [2.75, 3.05) is 24.3 Å². The summed E-state index contributed by atoms with van der Waals surface area (Å²) in [5, 5.41) is 22.0. The molecule has 5 N–H and O–H groups in total. The van der Waals surface area contributed by atoms with Crippen LogP contribution in [0.15, 0.2) is 6.07 Å². The quantitative estimate of drug-likeness (QED) is 0.656. The highest BCUT2D eigenvalue weighted by atomic mass is 35.5. The molecule has 5 nitrogen and oxygen atoms in total. The maximum atomic E-state index is 9.30. The third kappa shape index (κ3) is 3.13. The average Bonchev–Trinajstić information content (AvgIpc) is 2.33. The molecular weight excluding hydrogens is 265 g/mol. The van der Waals surface area contributed by atoms with E-state index in [2.05, 4.69) is 10.3 Å². The summed E-state index contributed by atoms with van der Waals surface area (Å²) < 4.78 is 0. The van der Waals surface area contributed by atoms with Crippen LogP contribution in [-0.2, 0) is 0 Å². The van der Waals surface area contributed by atoms with Crippen molar-refractivity contribution in [3.8, 4) is 0 Å². The topological polar surface area (TPSA) is 91.4 Å². The van der Waals surface area contributed by atoms with Crippen molar-refractivity contribution < 1.29 is 10.2 Å². The maximum absolute atomic E-state index is 9.30. The minimum absolute atomic E-state index is 0.138. The second-order valence-corrected chi connectivity index (χ2v) is 4.58. The van der Waals surface area contributed by atoms with Gasteiger partial charge in [-0.1, -0.05) is 30.1 Å². The van der Waals surface area contributed by atoms with Gasteiger partial charge in [0.2, 0.25) is 0 Å². The number of aliphatic hydroxyl groups is 2. The van der Waals surface area contributed by atoms with Crippen molar-refractivity contribution >= 4 is 34.8 Å². The second kappa shape index (κ2) is 5.73. The summed E-state index contributed by atoms with van der Waals surface area (Å²) in [4.78, 5) is 3.98. The summed E-state index contributed by atoms with van der Waals surface area (Å²) in [5.74, 6) is 0.429. The molecule has 0 bridgehead atoms. The number of rotatable bonds is 5. The van der Waals surface area contributed by atoms with E-state index in [9.17, 15) is 10.2 Å². The molecule has 0 amide bonds. The number of nitrogens with two attached hydrogens (primary N) is 1. The van der Waals surface area contributed by atoms with Crippen molar-refractivity contribution in [2.24, 2.45) is 0 Å². The van der Waals surface area contributed by atoms with Gasteiger partial charge in [-0.15, -0.1) is 0 Å². The van der Waals surface area contributed by atoms with Crippen LogP contribution in [0, 0.1) is 0 Å². The summed E-state index contributed by atoms with van der Waals surface area (Å²) >= 11 is 11.7. The largest absolute Gasteiger partial charge is 0.394 e. The summed E-state index contributed by atoms with van der Waals surface area (Å²) in [5.41, 5.74) is 4.69. The van der Waals surface area contributed by atoms with Gasteiger partial charge >= 0.3 is 0 Å². The number of nitrogens with one attached hydrogen (secondary N) is 1. The van der Waals surface area contributed by atoms with Gasteiger partial charge < -0.3 is 21.3 Å². The standard InChI is InChI=1S/C10H15Cl2N3O2/c1-2-10(4-16,5-17)15-9-7(12)3-6(11)8(13)14-9/h3,16-17H,2,4-5H2,1H3,(H3,13,14,15). The number of hydrogen-bond donors (Lipinski definition) is 4. The zero-order valence-electron chi connectivity index (χ0n) is 9.37. The molecule has 0 spiro atoms. The van der Waals surface area contributed by atoms with Crippen LogP contribution in [0.2, 0.25) is 10.0 Å². The first-order valence-electron chi connectivity index (χ1n) is 5.09. The molecule has 1 aromatic rings. The third-order valence-corrected chi connectivity index (χ3v) is 3.21. The zero-order valence-corrected chi connectivity index (χ0v) is 10.9. The van der Waals surface area contributed by atoms with Crippen LogP contribution in [0.4, 0.5) is 11.6 Å². The number of aromatic nitrogens is 1. The number of pyridine rings is 1. The molecule has 0 atom stereocenters. The normalized spacial score (nSPS) is 11.6. The lowest BCUT2D eigenvalue weighted by Gasteiger charge is -2.30. The highest BCUT2D eigenvalue weighted by molar-refractivity contribution is 6.37. The summed E-state index contributed by atoms with van der Waals surface area (Å²) in [7, 11) is 0. The van der Waals surface area contributed by atoms with E-state index in [0.29, 0.717) is 12.2 Å². The lowest BCUT2D eigenvalue weighted by Crippen LogP contribution is -2.45. The lowest BCUT2D eigenvalue weighted by molar-refractivity contribution is 0.132. The van der Waals surface area contributed by atoms with Crippen molar-refractivity contribution in [1.82, 2.24) is 4.98 Å². The Morgan fingerprint density at radius 1 is 1.35 bits per heavy atom. The van der Waals surface area contributed by atoms with Crippen molar-refractivity contribution in [1.29, 1.82) is 0 Å². The van der Waals surface area contributed by atoms with Gasteiger partial charge in [0.1, 0.15) is 11.6 Å². The number of aliphatic hydroxyl groups excluding tert-OH is 2. The molecule has 1 rings (SSSR count). The highest BCUT2D eigenvalue weighted by Gasteiger charge is 2.27. The van der Waals surface area contributed by atoms with Crippen molar-refractivity contribution in [2.45, 2.75) is 18.9 Å². The van der Waals surface area contributed by atoms with Gasteiger partial charge in [-0.25, -0.2) is 4.98 Å². The Bertz CT molecular complexity index is 389. The van der Waals surface area contributed by atoms with Crippen LogP contribution in [0.25, 0.3) is 0 Å². The molecule has 0 fully saturated rings. The van der Waals surface area contributed by atoms with Gasteiger partial charge in [0.15, 0.2) is 0 Å². The van der Waals surface area contributed by atoms with Gasteiger partial charge in [-0.3, -0.25) is 0 Å². The molecule has 0 aliphatic carbocycles. The zero-order chi connectivity index (χ0) is 13.1. The summed E-state index contributed by atoms with van der Waals surface area (Å²) in [6, 6.07) is 1.46. The smallest absolute Gasteiger partial charge is 0.147 e. The van der Waals surface area contributed by atoms with Crippen LogP contribution in [0.3, 0.4) is 0 Å². The average molecular weight is 280 g/mol. The number of hydrogen-bond acceptors (Lipinski definition) is 5. The Kier molecular flexibility index (Phi) is 4.82. The Balaban J connectivity index is 3.05. The van der Waals surface area contributed by atoms with Crippen LogP contribution >= 0.6 is 23.2 Å². The predicted octanol–water partition coefficient (Wildman–Crippen LogP) is 1.52. The molecule has 17 heavy (non-hydrogen) atoms. The highest BCUT2D eigenvalue weighted by Crippen LogP contribution is 2.29. The Hall–Kier alpha value is -0.750. The number of anilines is 2. The van der Waals surface area contributed by atoms with E-state index in [1.807, 2.05) is 6.92 Å². The molecule has 96 valence electrons. The first kappa shape index (κ1) is 14.3. The van der Waals surface area contributed by atoms with Crippen molar-refractivity contribution in [3.05, 3.63) is 16.1 Å². The first-order valence-corrected chi connectivity index (χ1v) is 5.85. The van der Waals surface area contributed by atoms with E-state index in [0.717, 1.165) is 0 Å². The van der Waals surface area contributed by atoms with E-state index < -0.39 is 5.54 Å². The van der Waals surface area contributed by atoms with Crippen molar-refractivity contribution in [3.63, 3.8) is 0 Å². The number of nitrogens with zero attached hydrogens (tertiary/aromatic N) is 1. The maximum Gasteiger partial charge on any atom is 0.147 e. The van der Waals surface area contributed by atoms with Crippen LogP contribution in [0.1, 0.15) is 13.3 Å². The molecule has 0 aromatic carbocycles. The number of nitrogen functional groups attached to an aromatic ring is 1. The molecule has 0 saturated heterocycles. The molecule has 7 heteroatoms. The first-order chi connectivity index (χ1) is 7.98. The molecular formula is C10H15Cl2N3O2. The molecule has 0 unspecified atom stereocenters. The van der Waals surface area contributed by atoms with Gasteiger partial charge in [-0.2, -0.15) is 0 Å². The van der Waals surface area contributed by atoms with E-state index in [-0.39, 0.29) is 29.1 Å². The Labute approximate surface area is 110 Å². The fraction of sp³-hybridized carbons (Fsp3) is 0.500. The van der Waals surface area contributed by atoms with Gasteiger partial charge in [0.25, 0.3) is 0 Å². The molecule has 1 heterocycles. The Morgan fingerprint density at radius 3 is 2.41 bits per heavy atom.